The molecule has 0 bridgehead atoms. The summed E-state index contributed by atoms with van der Waals surface area (Å²) < 4.78 is 4.21. The molecule has 22 heavy (non-hydrogen) atoms. The van der Waals surface area contributed by atoms with Crippen LogP contribution in [-0.2, 0) is 11.2 Å². The first-order valence-electron chi connectivity index (χ1n) is 7.85. The van der Waals surface area contributed by atoms with Gasteiger partial charge in [-0.15, -0.1) is 0 Å². The summed E-state index contributed by atoms with van der Waals surface area (Å²) in [6, 6.07) is 9.86. The molecule has 0 spiro atoms. The first-order chi connectivity index (χ1) is 10.7. The van der Waals surface area contributed by atoms with Gasteiger partial charge in [-0.3, -0.25) is 9.69 Å². The lowest BCUT2D eigenvalue weighted by molar-refractivity contribution is -0.118. The number of aryl methyl sites for hydroxylation is 1. The predicted octanol–water partition coefficient (Wildman–Crippen LogP) is 4.00. The molecule has 5 heteroatoms. The van der Waals surface area contributed by atoms with Crippen molar-refractivity contribution in [3.8, 4) is 0 Å². The molecule has 2 rings (SSSR count). The lowest BCUT2D eigenvalue weighted by atomic mass is 10.1. The van der Waals surface area contributed by atoms with Crippen LogP contribution in [0.3, 0.4) is 0 Å². The van der Waals surface area contributed by atoms with Crippen molar-refractivity contribution >= 4 is 22.6 Å². The minimum atomic E-state index is 0.0962. The Balaban J connectivity index is 2.04. The van der Waals surface area contributed by atoms with Crippen LogP contribution in [0.15, 0.2) is 30.3 Å². The van der Waals surface area contributed by atoms with E-state index in [1.807, 2.05) is 37.3 Å². The van der Waals surface area contributed by atoms with Gasteiger partial charge in [0, 0.05) is 18.1 Å². The zero-order valence-electron chi connectivity index (χ0n) is 13.3. The Morgan fingerprint density at radius 1 is 1.18 bits per heavy atom. The van der Waals surface area contributed by atoms with E-state index in [1.54, 1.807) is 4.90 Å². The Hall–Kier alpha value is -1.75. The molecular formula is C17H23N3OS. The van der Waals surface area contributed by atoms with Gasteiger partial charge in [-0.05, 0) is 18.9 Å². The fourth-order valence-corrected chi connectivity index (χ4v) is 3.00. The van der Waals surface area contributed by atoms with Gasteiger partial charge < -0.3 is 0 Å². The summed E-state index contributed by atoms with van der Waals surface area (Å²) in [5.41, 5.74) is 1.03. The molecule has 0 aliphatic rings. The van der Waals surface area contributed by atoms with Crippen molar-refractivity contribution in [3.05, 3.63) is 41.7 Å². The van der Waals surface area contributed by atoms with Gasteiger partial charge in [0.15, 0.2) is 0 Å². The molecule has 0 radical (unpaired) electrons. The van der Waals surface area contributed by atoms with E-state index in [0.717, 1.165) is 35.9 Å². The summed E-state index contributed by atoms with van der Waals surface area (Å²) in [4.78, 5) is 18.8. The Morgan fingerprint density at radius 3 is 2.59 bits per heavy atom. The third-order valence-electron chi connectivity index (χ3n) is 3.48. The number of rotatable bonds is 8. The maximum atomic E-state index is 12.7. The van der Waals surface area contributed by atoms with Crippen molar-refractivity contribution in [1.29, 1.82) is 0 Å². The van der Waals surface area contributed by atoms with E-state index in [0.29, 0.717) is 6.42 Å². The summed E-state index contributed by atoms with van der Waals surface area (Å²) in [6.45, 7) is 4.77. The number of unbranched alkanes of at least 4 members (excludes halogenated alkanes) is 3. The topological polar surface area (TPSA) is 46.1 Å². The summed E-state index contributed by atoms with van der Waals surface area (Å²) in [5, 5.41) is 0.718. The fourth-order valence-electron chi connectivity index (χ4n) is 2.29. The highest BCUT2D eigenvalue weighted by Crippen LogP contribution is 2.19. The van der Waals surface area contributed by atoms with Crippen LogP contribution in [0, 0.1) is 6.92 Å². The quantitative estimate of drug-likeness (QED) is 0.691. The number of benzene rings is 1. The van der Waals surface area contributed by atoms with Crippen LogP contribution in [0.4, 0.5) is 5.13 Å². The number of nitrogens with zero attached hydrogens (tertiary/aromatic N) is 3. The van der Waals surface area contributed by atoms with Crippen molar-refractivity contribution in [3.63, 3.8) is 0 Å². The molecule has 0 unspecified atom stereocenters. The van der Waals surface area contributed by atoms with Crippen LogP contribution in [0.25, 0.3) is 0 Å². The first kappa shape index (κ1) is 16.6. The van der Waals surface area contributed by atoms with Gasteiger partial charge in [-0.2, -0.15) is 4.37 Å². The Labute approximate surface area is 136 Å². The fraction of sp³-hybridized carbons (Fsp3) is 0.471. The molecule has 118 valence electrons. The third kappa shape index (κ3) is 4.91. The minimum absolute atomic E-state index is 0.0962. The molecule has 1 aromatic heterocycles. The third-order valence-corrected chi connectivity index (χ3v) is 4.31. The standard InChI is InChI=1S/C17H23N3OS/c1-3-4-5-9-12-20(17-18-14(2)19-22-17)16(21)13-15-10-7-6-8-11-15/h6-8,10-11H,3-5,9,12-13H2,1-2H3. The van der Waals surface area contributed by atoms with E-state index in [9.17, 15) is 4.79 Å². The number of aromatic nitrogens is 2. The molecule has 0 atom stereocenters. The molecule has 0 aliphatic carbocycles. The summed E-state index contributed by atoms with van der Waals surface area (Å²) in [7, 11) is 0. The van der Waals surface area contributed by atoms with Crippen molar-refractivity contribution in [2.45, 2.75) is 46.0 Å². The normalized spacial score (nSPS) is 10.6. The second-order valence-corrected chi connectivity index (χ2v) is 6.12. The second-order valence-electron chi connectivity index (χ2n) is 5.39. The van der Waals surface area contributed by atoms with Crippen LogP contribution in [0.1, 0.15) is 44.0 Å². The lowest BCUT2D eigenvalue weighted by Crippen LogP contribution is -2.33. The van der Waals surface area contributed by atoms with E-state index < -0.39 is 0 Å². The molecule has 1 aromatic carbocycles. The largest absolute Gasteiger partial charge is 0.287 e. The van der Waals surface area contributed by atoms with Gasteiger partial charge in [0.25, 0.3) is 0 Å². The Kier molecular flexibility index (Phi) is 6.52. The maximum Gasteiger partial charge on any atom is 0.233 e. The zero-order chi connectivity index (χ0) is 15.8. The van der Waals surface area contributed by atoms with Crippen molar-refractivity contribution in [1.82, 2.24) is 9.36 Å². The van der Waals surface area contributed by atoms with Crippen LogP contribution < -0.4 is 4.90 Å². The monoisotopic (exact) mass is 317 g/mol. The van der Waals surface area contributed by atoms with Gasteiger partial charge in [-0.25, -0.2) is 4.98 Å². The highest BCUT2D eigenvalue weighted by molar-refractivity contribution is 7.09. The molecule has 0 aliphatic heterocycles. The number of carbonyl (C=O) groups excluding carboxylic acids is 1. The lowest BCUT2D eigenvalue weighted by Gasteiger charge is -2.19. The second kappa shape index (κ2) is 8.63. The summed E-state index contributed by atoms with van der Waals surface area (Å²) in [6.07, 6.45) is 4.95. The molecule has 0 saturated carbocycles. The van der Waals surface area contributed by atoms with E-state index in [1.165, 1.54) is 24.4 Å². The van der Waals surface area contributed by atoms with Gasteiger partial charge in [0.2, 0.25) is 11.0 Å². The average Bonchev–Trinajstić information content (AvgIpc) is 2.94. The van der Waals surface area contributed by atoms with Crippen LogP contribution in [0.2, 0.25) is 0 Å². The zero-order valence-corrected chi connectivity index (χ0v) is 14.1. The Morgan fingerprint density at radius 2 is 1.95 bits per heavy atom. The van der Waals surface area contributed by atoms with E-state index >= 15 is 0 Å². The van der Waals surface area contributed by atoms with Crippen molar-refractivity contribution < 1.29 is 4.79 Å². The smallest absolute Gasteiger partial charge is 0.233 e. The van der Waals surface area contributed by atoms with Crippen molar-refractivity contribution in [2.24, 2.45) is 0 Å². The number of hydrogen-bond donors (Lipinski definition) is 0. The molecule has 4 nitrogen and oxygen atoms in total. The highest BCUT2D eigenvalue weighted by Gasteiger charge is 2.19. The first-order valence-corrected chi connectivity index (χ1v) is 8.62. The van der Waals surface area contributed by atoms with Gasteiger partial charge in [0.1, 0.15) is 5.82 Å². The van der Waals surface area contributed by atoms with Gasteiger partial charge >= 0.3 is 0 Å². The average molecular weight is 317 g/mol. The van der Waals surface area contributed by atoms with Crippen LogP contribution in [0.5, 0.6) is 0 Å². The van der Waals surface area contributed by atoms with Crippen molar-refractivity contribution in [2.75, 3.05) is 11.4 Å². The van der Waals surface area contributed by atoms with Crippen LogP contribution in [-0.4, -0.2) is 21.8 Å². The summed E-state index contributed by atoms with van der Waals surface area (Å²) in [5.74, 6) is 0.824. The number of hydrogen-bond acceptors (Lipinski definition) is 4. The number of amides is 1. The maximum absolute atomic E-state index is 12.7. The molecular weight excluding hydrogens is 294 g/mol. The molecule has 2 aromatic rings. The summed E-state index contributed by atoms with van der Waals surface area (Å²) >= 11 is 1.30. The molecule has 1 heterocycles. The highest BCUT2D eigenvalue weighted by atomic mass is 32.1. The molecule has 0 fully saturated rings. The van der Waals surface area contributed by atoms with E-state index in [-0.39, 0.29) is 5.91 Å². The number of carbonyl (C=O) groups is 1. The van der Waals surface area contributed by atoms with Crippen LogP contribution >= 0.6 is 11.5 Å². The SMILES string of the molecule is CCCCCCN(C(=O)Cc1ccccc1)c1nc(C)ns1. The predicted molar refractivity (Wildman–Crippen MR) is 91.3 cm³/mol. The molecule has 0 N–H and O–H groups in total. The minimum Gasteiger partial charge on any atom is -0.287 e. The van der Waals surface area contributed by atoms with E-state index in [4.69, 9.17) is 0 Å². The number of anilines is 1. The van der Waals surface area contributed by atoms with Gasteiger partial charge in [0.05, 0.1) is 6.42 Å². The van der Waals surface area contributed by atoms with E-state index in [2.05, 4.69) is 16.3 Å². The molecule has 1 amide bonds. The Bertz CT molecular complexity index is 583. The van der Waals surface area contributed by atoms with Gasteiger partial charge in [-0.1, -0.05) is 56.5 Å². The molecule has 0 saturated heterocycles.